The van der Waals surface area contributed by atoms with Crippen LogP contribution in [-0.4, -0.2) is 50.1 Å². The molecule has 0 atom stereocenters. The van der Waals surface area contributed by atoms with Crippen molar-refractivity contribution >= 4 is 11.8 Å². The van der Waals surface area contributed by atoms with Gasteiger partial charge in [-0.1, -0.05) is 20.3 Å². The molecule has 1 heterocycles. The molecule has 6 nitrogen and oxygen atoms in total. The van der Waals surface area contributed by atoms with Gasteiger partial charge in [-0.3, -0.25) is 9.59 Å². The molecule has 0 radical (unpaired) electrons. The Labute approximate surface area is 162 Å². The van der Waals surface area contributed by atoms with E-state index in [0.717, 1.165) is 19.3 Å². The lowest BCUT2D eigenvalue weighted by Gasteiger charge is -2.31. The SMILES string of the molecule is CCCCOc1ccc(C(=O)N2CCC(C(=O)NCCC)CC2)cc1OC. The van der Waals surface area contributed by atoms with E-state index in [2.05, 4.69) is 12.2 Å². The summed E-state index contributed by atoms with van der Waals surface area (Å²) < 4.78 is 11.1. The molecule has 2 amide bonds. The molecule has 0 spiro atoms. The molecule has 0 saturated carbocycles. The topological polar surface area (TPSA) is 67.9 Å². The summed E-state index contributed by atoms with van der Waals surface area (Å²) >= 11 is 0. The number of nitrogens with one attached hydrogen (secondary N) is 1. The number of nitrogens with zero attached hydrogens (tertiary/aromatic N) is 1. The minimum atomic E-state index is -0.0270. The highest BCUT2D eigenvalue weighted by molar-refractivity contribution is 5.95. The zero-order valence-electron chi connectivity index (χ0n) is 16.8. The third-order valence-electron chi connectivity index (χ3n) is 4.87. The molecule has 0 bridgehead atoms. The van der Waals surface area contributed by atoms with E-state index in [1.165, 1.54) is 0 Å². The Morgan fingerprint density at radius 2 is 1.89 bits per heavy atom. The van der Waals surface area contributed by atoms with Crippen LogP contribution in [0.25, 0.3) is 0 Å². The quantitative estimate of drug-likeness (QED) is 0.672. The van der Waals surface area contributed by atoms with Gasteiger partial charge in [0.2, 0.25) is 5.91 Å². The predicted molar refractivity (Wildman–Crippen MR) is 105 cm³/mol. The van der Waals surface area contributed by atoms with Gasteiger partial charge >= 0.3 is 0 Å². The van der Waals surface area contributed by atoms with Gasteiger partial charge in [0.15, 0.2) is 11.5 Å². The Morgan fingerprint density at radius 3 is 2.52 bits per heavy atom. The molecule has 0 aromatic heterocycles. The number of ether oxygens (including phenoxy) is 2. The van der Waals surface area contributed by atoms with E-state index < -0.39 is 0 Å². The molecule has 1 N–H and O–H groups in total. The Balaban J connectivity index is 1.95. The highest BCUT2D eigenvalue weighted by Crippen LogP contribution is 2.29. The fourth-order valence-corrected chi connectivity index (χ4v) is 3.17. The van der Waals surface area contributed by atoms with Gasteiger partial charge in [0, 0.05) is 31.1 Å². The fraction of sp³-hybridized carbons (Fsp3) is 0.619. The maximum atomic E-state index is 12.8. The molecular formula is C21H32N2O4. The minimum Gasteiger partial charge on any atom is -0.493 e. The second-order valence-electron chi connectivity index (χ2n) is 6.93. The van der Waals surface area contributed by atoms with E-state index in [-0.39, 0.29) is 17.7 Å². The number of unbranched alkanes of at least 4 members (excludes halogenated alkanes) is 1. The summed E-state index contributed by atoms with van der Waals surface area (Å²) in [5.41, 5.74) is 0.587. The Bertz CT molecular complexity index is 625. The van der Waals surface area contributed by atoms with Crippen LogP contribution in [0.4, 0.5) is 0 Å². The van der Waals surface area contributed by atoms with Crippen LogP contribution in [0.5, 0.6) is 11.5 Å². The number of carbonyl (C=O) groups is 2. The van der Waals surface area contributed by atoms with Crippen LogP contribution in [0.15, 0.2) is 18.2 Å². The summed E-state index contributed by atoms with van der Waals surface area (Å²) in [6, 6.07) is 5.32. The fourth-order valence-electron chi connectivity index (χ4n) is 3.17. The van der Waals surface area contributed by atoms with Crippen molar-refractivity contribution in [3.63, 3.8) is 0 Å². The van der Waals surface area contributed by atoms with E-state index in [9.17, 15) is 9.59 Å². The number of likely N-dealkylation sites (tertiary alicyclic amines) is 1. The molecule has 0 aliphatic carbocycles. The maximum absolute atomic E-state index is 12.8. The molecular weight excluding hydrogens is 344 g/mol. The second kappa shape index (κ2) is 10.8. The van der Waals surface area contributed by atoms with Crippen molar-refractivity contribution in [3.05, 3.63) is 23.8 Å². The molecule has 27 heavy (non-hydrogen) atoms. The lowest BCUT2D eigenvalue weighted by atomic mass is 9.95. The van der Waals surface area contributed by atoms with Gasteiger partial charge in [0.05, 0.1) is 13.7 Å². The van der Waals surface area contributed by atoms with Crippen LogP contribution in [0.3, 0.4) is 0 Å². The molecule has 1 aromatic carbocycles. The van der Waals surface area contributed by atoms with Gasteiger partial charge in [0.25, 0.3) is 5.91 Å². The number of methoxy groups -OCH3 is 1. The van der Waals surface area contributed by atoms with Crippen molar-refractivity contribution in [1.29, 1.82) is 0 Å². The number of amides is 2. The number of piperidine rings is 1. The average Bonchev–Trinajstić information content (AvgIpc) is 2.71. The van der Waals surface area contributed by atoms with Gasteiger partial charge in [-0.15, -0.1) is 0 Å². The number of benzene rings is 1. The van der Waals surface area contributed by atoms with E-state index in [4.69, 9.17) is 9.47 Å². The summed E-state index contributed by atoms with van der Waals surface area (Å²) in [4.78, 5) is 26.7. The normalized spacial score (nSPS) is 14.7. The molecule has 2 rings (SSSR count). The first-order valence-corrected chi connectivity index (χ1v) is 9.98. The minimum absolute atomic E-state index is 0.00415. The first-order valence-electron chi connectivity index (χ1n) is 9.98. The second-order valence-corrected chi connectivity index (χ2v) is 6.93. The summed E-state index contributed by atoms with van der Waals surface area (Å²) in [6.07, 6.45) is 4.38. The van der Waals surface area contributed by atoms with Gasteiger partial charge in [0.1, 0.15) is 0 Å². The summed E-state index contributed by atoms with van der Waals surface area (Å²) in [6.45, 7) is 6.69. The van der Waals surface area contributed by atoms with Crippen LogP contribution in [-0.2, 0) is 4.79 Å². The molecule has 150 valence electrons. The van der Waals surface area contributed by atoms with Crippen LogP contribution in [0, 0.1) is 5.92 Å². The molecule has 1 fully saturated rings. The monoisotopic (exact) mass is 376 g/mol. The molecule has 0 unspecified atom stereocenters. The molecule has 1 aliphatic heterocycles. The summed E-state index contributed by atoms with van der Waals surface area (Å²) in [5, 5.41) is 2.95. The van der Waals surface area contributed by atoms with Gasteiger partial charge < -0.3 is 19.7 Å². The summed E-state index contributed by atoms with van der Waals surface area (Å²) in [5.74, 6) is 1.32. The van der Waals surface area contributed by atoms with Crippen LogP contribution in [0.2, 0.25) is 0 Å². The van der Waals surface area contributed by atoms with Crippen molar-refractivity contribution in [3.8, 4) is 11.5 Å². The van der Waals surface area contributed by atoms with Crippen LogP contribution in [0.1, 0.15) is 56.3 Å². The number of rotatable bonds is 9. The van der Waals surface area contributed by atoms with E-state index in [1.54, 1.807) is 25.3 Å². The van der Waals surface area contributed by atoms with E-state index >= 15 is 0 Å². The van der Waals surface area contributed by atoms with Crippen molar-refractivity contribution in [2.24, 2.45) is 5.92 Å². The lowest BCUT2D eigenvalue weighted by molar-refractivity contribution is -0.126. The number of carbonyl (C=O) groups excluding carboxylic acids is 2. The maximum Gasteiger partial charge on any atom is 0.253 e. The van der Waals surface area contributed by atoms with E-state index in [1.807, 2.05) is 11.8 Å². The number of hydrogen-bond donors (Lipinski definition) is 1. The Kier molecular flexibility index (Phi) is 8.43. The van der Waals surface area contributed by atoms with Crippen molar-refractivity contribution in [1.82, 2.24) is 10.2 Å². The van der Waals surface area contributed by atoms with Crippen molar-refractivity contribution < 1.29 is 19.1 Å². The third-order valence-corrected chi connectivity index (χ3v) is 4.87. The van der Waals surface area contributed by atoms with Gasteiger partial charge in [-0.05, 0) is 43.9 Å². The highest BCUT2D eigenvalue weighted by Gasteiger charge is 2.28. The van der Waals surface area contributed by atoms with E-state index in [0.29, 0.717) is 56.1 Å². The van der Waals surface area contributed by atoms with Crippen LogP contribution >= 0.6 is 0 Å². The standard InChI is InChI=1S/C21H32N2O4/c1-4-6-14-27-18-8-7-17(15-19(18)26-3)21(25)23-12-9-16(10-13-23)20(24)22-11-5-2/h7-8,15-16H,4-6,9-14H2,1-3H3,(H,22,24). The first-order chi connectivity index (χ1) is 13.1. The average molecular weight is 376 g/mol. The van der Waals surface area contributed by atoms with Crippen molar-refractivity contribution in [2.45, 2.75) is 46.0 Å². The first kappa shape index (κ1) is 21.1. The van der Waals surface area contributed by atoms with Gasteiger partial charge in [-0.25, -0.2) is 0 Å². The largest absolute Gasteiger partial charge is 0.493 e. The molecule has 1 aromatic rings. The van der Waals surface area contributed by atoms with Gasteiger partial charge in [-0.2, -0.15) is 0 Å². The predicted octanol–water partition coefficient (Wildman–Crippen LogP) is 3.25. The Hall–Kier alpha value is -2.24. The lowest BCUT2D eigenvalue weighted by Crippen LogP contribution is -2.43. The Morgan fingerprint density at radius 1 is 1.15 bits per heavy atom. The number of hydrogen-bond acceptors (Lipinski definition) is 4. The summed E-state index contributed by atoms with van der Waals surface area (Å²) in [7, 11) is 1.58. The molecule has 6 heteroatoms. The zero-order valence-corrected chi connectivity index (χ0v) is 16.8. The molecule has 1 saturated heterocycles. The smallest absolute Gasteiger partial charge is 0.253 e. The van der Waals surface area contributed by atoms with Crippen molar-refractivity contribution in [2.75, 3.05) is 33.4 Å². The van der Waals surface area contributed by atoms with Crippen LogP contribution < -0.4 is 14.8 Å². The highest BCUT2D eigenvalue weighted by atomic mass is 16.5. The zero-order chi connectivity index (χ0) is 19.6. The molecule has 1 aliphatic rings. The third kappa shape index (κ3) is 5.88.